The Labute approximate surface area is 275 Å². The molecule has 0 radical (unpaired) electrons. The van der Waals surface area contributed by atoms with Crippen LogP contribution in [-0.4, -0.2) is 36.1 Å². The van der Waals surface area contributed by atoms with Gasteiger partial charge in [0.2, 0.25) is 0 Å². The molecule has 41 heavy (non-hydrogen) atoms. The fraction of sp³-hybridized carbons (Fsp3) is 0.500. The fourth-order valence-electron chi connectivity index (χ4n) is 5.18. The van der Waals surface area contributed by atoms with Crippen LogP contribution in [0.15, 0.2) is 60.8 Å². The molecule has 228 valence electrons. The van der Waals surface area contributed by atoms with Crippen molar-refractivity contribution in [3.63, 3.8) is 0 Å². The first-order valence-electron chi connectivity index (χ1n) is 14.5. The van der Waals surface area contributed by atoms with Crippen molar-refractivity contribution in [2.75, 3.05) is 36.8 Å². The van der Waals surface area contributed by atoms with E-state index in [1.807, 2.05) is 12.3 Å². The molecule has 0 saturated carbocycles. The predicted molar refractivity (Wildman–Crippen MR) is 166 cm³/mol. The Balaban J connectivity index is 0.00000533. The number of hydrogen-bond donors (Lipinski definition) is 2. The summed E-state index contributed by atoms with van der Waals surface area (Å²) in [5, 5.41) is 7.67. The standard InChI is InChI=1S/C34H50N4.2ClH.Ru/c1-24(2)29-14-11-15-30(25(3)4)33(29)36-19-21-38(23-28-13-9-10-18-35-28)22-20-37-34-31(26(5)6)16-12-17-32(34)27(7)8;;;/h9-18,24-27,36-37H,19-23H2,1-8H3;2*1H;/q;;;+2/p-2. The molecule has 0 aliphatic rings. The summed E-state index contributed by atoms with van der Waals surface area (Å²) in [4.78, 5) is 7.13. The Morgan fingerprint density at radius 1 is 0.585 bits per heavy atom. The van der Waals surface area contributed by atoms with Crippen molar-refractivity contribution in [3.8, 4) is 0 Å². The average Bonchev–Trinajstić information content (AvgIpc) is 2.88. The third kappa shape index (κ3) is 11.5. The summed E-state index contributed by atoms with van der Waals surface area (Å²) >= 11 is 0. The molecule has 2 N–H and O–H groups in total. The Kier molecular flexibility index (Phi) is 18.7. The molecule has 2 aromatic carbocycles. The van der Waals surface area contributed by atoms with Crippen LogP contribution in [0, 0.1) is 0 Å². The third-order valence-electron chi connectivity index (χ3n) is 7.32. The Morgan fingerprint density at radius 3 is 1.29 bits per heavy atom. The monoisotopic (exact) mass is 686 g/mol. The number of rotatable bonds is 14. The number of pyridine rings is 1. The molecule has 4 nitrogen and oxygen atoms in total. The summed E-state index contributed by atoms with van der Waals surface area (Å²) in [5.74, 6) is 1.95. The predicted octanol–water partition coefficient (Wildman–Crippen LogP) is 2.61. The van der Waals surface area contributed by atoms with E-state index in [4.69, 9.17) is 0 Å². The van der Waals surface area contributed by atoms with E-state index in [9.17, 15) is 0 Å². The zero-order valence-corrected chi connectivity index (χ0v) is 29.4. The smallest absolute Gasteiger partial charge is 1.00 e. The van der Waals surface area contributed by atoms with Gasteiger partial charge in [0.05, 0.1) is 5.69 Å². The van der Waals surface area contributed by atoms with Crippen molar-refractivity contribution in [1.29, 1.82) is 0 Å². The van der Waals surface area contributed by atoms with Gasteiger partial charge in [0.25, 0.3) is 0 Å². The molecule has 0 aliphatic carbocycles. The fourth-order valence-corrected chi connectivity index (χ4v) is 5.18. The maximum absolute atomic E-state index is 4.62. The summed E-state index contributed by atoms with van der Waals surface area (Å²) in [6.07, 6.45) is 1.89. The molecular formula is C34H50Cl2N4Ru. The van der Waals surface area contributed by atoms with Gasteiger partial charge in [-0.2, -0.15) is 0 Å². The Morgan fingerprint density at radius 2 is 0.976 bits per heavy atom. The van der Waals surface area contributed by atoms with E-state index < -0.39 is 0 Å². The van der Waals surface area contributed by atoms with Crippen LogP contribution in [-0.2, 0) is 26.0 Å². The van der Waals surface area contributed by atoms with Gasteiger partial charge in [0.15, 0.2) is 0 Å². The number of benzene rings is 2. The molecule has 0 saturated heterocycles. The molecule has 0 bridgehead atoms. The zero-order chi connectivity index (χ0) is 27.7. The van der Waals surface area contributed by atoms with Crippen LogP contribution in [0.25, 0.3) is 0 Å². The first kappa shape index (κ1) is 39.4. The molecule has 3 rings (SSSR count). The summed E-state index contributed by atoms with van der Waals surface area (Å²) < 4.78 is 0. The van der Waals surface area contributed by atoms with Gasteiger partial charge < -0.3 is 35.4 Å². The maximum atomic E-state index is 4.62. The van der Waals surface area contributed by atoms with Crippen molar-refractivity contribution >= 4 is 11.4 Å². The van der Waals surface area contributed by atoms with Crippen LogP contribution >= 0.6 is 0 Å². The molecule has 1 aromatic heterocycles. The number of nitrogens with one attached hydrogen (secondary N) is 2. The van der Waals surface area contributed by atoms with E-state index in [1.165, 1.54) is 33.6 Å². The van der Waals surface area contributed by atoms with E-state index >= 15 is 0 Å². The van der Waals surface area contributed by atoms with Crippen molar-refractivity contribution in [1.82, 2.24) is 9.88 Å². The summed E-state index contributed by atoms with van der Waals surface area (Å²) in [5.41, 5.74) is 9.37. The van der Waals surface area contributed by atoms with E-state index in [2.05, 4.69) is 124 Å². The topological polar surface area (TPSA) is 40.2 Å². The van der Waals surface area contributed by atoms with E-state index in [-0.39, 0.29) is 44.3 Å². The largest absolute Gasteiger partial charge is 2.00 e. The molecular weight excluding hydrogens is 636 g/mol. The molecule has 0 atom stereocenters. The molecule has 0 aliphatic heterocycles. The van der Waals surface area contributed by atoms with Gasteiger partial charge in [-0.3, -0.25) is 9.88 Å². The molecule has 0 unspecified atom stereocenters. The maximum Gasteiger partial charge on any atom is 2.00 e. The van der Waals surface area contributed by atoms with Crippen LogP contribution < -0.4 is 35.4 Å². The SMILES string of the molecule is CC(C)c1cccc(C(C)C)c1NCCN(CCNc1c(C(C)C)cccc1C(C)C)Cc1ccccn1.[Cl-].[Cl-].[Ru+2]. The molecule has 0 fully saturated rings. The van der Waals surface area contributed by atoms with Crippen LogP contribution in [0.1, 0.15) is 107 Å². The van der Waals surface area contributed by atoms with Crippen molar-refractivity contribution in [3.05, 3.63) is 88.7 Å². The van der Waals surface area contributed by atoms with Crippen LogP contribution in [0.5, 0.6) is 0 Å². The first-order valence-corrected chi connectivity index (χ1v) is 14.5. The van der Waals surface area contributed by atoms with E-state index in [1.54, 1.807) is 0 Å². The van der Waals surface area contributed by atoms with Crippen LogP contribution in [0.3, 0.4) is 0 Å². The second-order valence-electron chi connectivity index (χ2n) is 11.7. The van der Waals surface area contributed by atoms with Crippen LogP contribution in [0.4, 0.5) is 11.4 Å². The van der Waals surface area contributed by atoms with Gasteiger partial charge in [-0.05, 0) is 58.1 Å². The van der Waals surface area contributed by atoms with Crippen LogP contribution in [0.2, 0.25) is 0 Å². The Bertz CT molecular complexity index is 1010. The number of nitrogens with zero attached hydrogens (tertiary/aromatic N) is 2. The normalized spacial score (nSPS) is 11.0. The third-order valence-corrected chi connectivity index (χ3v) is 7.32. The molecule has 7 heteroatoms. The summed E-state index contributed by atoms with van der Waals surface area (Å²) in [6.45, 7) is 22.8. The minimum atomic E-state index is 0. The molecule has 0 amide bonds. The second-order valence-corrected chi connectivity index (χ2v) is 11.7. The summed E-state index contributed by atoms with van der Waals surface area (Å²) in [7, 11) is 0. The van der Waals surface area contributed by atoms with Gasteiger partial charge in [0, 0.05) is 50.3 Å². The molecule has 1 heterocycles. The molecule has 0 spiro atoms. The second kappa shape index (κ2) is 19.5. The van der Waals surface area contributed by atoms with Crippen molar-refractivity contribution in [2.24, 2.45) is 0 Å². The van der Waals surface area contributed by atoms with Crippen molar-refractivity contribution < 1.29 is 44.3 Å². The van der Waals surface area contributed by atoms with Gasteiger partial charge in [-0.25, -0.2) is 0 Å². The van der Waals surface area contributed by atoms with Gasteiger partial charge in [-0.15, -0.1) is 0 Å². The number of para-hydroxylation sites is 2. The van der Waals surface area contributed by atoms with Gasteiger partial charge in [0.1, 0.15) is 0 Å². The first-order chi connectivity index (χ1) is 18.2. The average molecular weight is 687 g/mol. The van der Waals surface area contributed by atoms with Crippen molar-refractivity contribution in [2.45, 2.75) is 85.6 Å². The summed E-state index contributed by atoms with van der Waals surface area (Å²) in [6, 6.07) is 19.7. The quantitative estimate of drug-likeness (QED) is 0.256. The van der Waals surface area contributed by atoms with E-state index in [0.29, 0.717) is 23.7 Å². The number of hydrogen-bond acceptors (Lipinski definition) is 4. The zero-order valence-electron chi connectivity index (χ0n) is 26.1. The van der Waals surface area contributed by atoms with Gasteiger partial charge >= 0.3 is 19.5 Å². The Hall–Kier alpha value is -1.65. The number of anilines is 2. The minimum absolute atomic E-state index is 0. The van der Waals surface area contributed by atoms with Gasteiger partial charge in [-0.1, -0.05) is 97.9 Å². The number of halogens is 2. The minimum Gasteiger partial charge on any atom is -1.00 e. The van der Waals surface area contributed by atoms with E-state index in [0.717, 1.165) is 38.4 Å². The number of aromatic nitrogens is 1. The molecule has 3 aromatic rings.